The normalized spacial score (nSPS) is 11.8. The van der Waals surface area contributed by atoms with Crippen molar-refractivity contribution < 1.29 is 14.6 Å². The zero-order valence-corrected chi connectivity index (χ0v) is 10.2. The minimum atomic E-state index is -1.04. The summed E-state index contributed by atoms with van der Waals surface area (Å²) in [7, 11) is 0. The molecular formula is C14H11ClO3. The molecule has 0 aliphatic carbocycles. The van der Waals surface area contributed by atoms with Crippen molar-refractivity contribution in [3.63, 3.8) is 0 Å². The molecule has 1 atom stereocenters. The number of aliphatic carboxylic acids is 1. The van der Waals surface area contributed by atoms with Crippen LogP contribution in [-0.2, 0) is 4.79 Å². The molecule has 0 bridgehead atoms. The van der Waals surface area contributed by atoms with Crippen LogP contribution in [0.2, 0.25) is 5.02 Å². The Morgan fingerprint density at radius 3 is 2.22 bits per heavy atom. The lowest BCUT2D eigenvalue weighted by Crippen LogP contribution is -2.18. The summed E-state index contributed by atoms with van der Waals surface area (Å²) in [6.45, 7) is 0. The summed E-state index contributed by atoms with van der Waals surface area (Å²) in [5.41, 5.74) is 0.552. The largest absolute Gasteiger partial charge is 0.478 e. The van der Waals surface area contributed by atoms with Gasteiger partial charge in [-0.2, -0.15) is 0 Å². The van der Waals surface area contributed by atoms with Crippen LogP contribution in [0, 0.1) is 0 Å². The maximum Gasteiger partial charge on any atom is 0.349 e. The molecule has 0 saturated heterocycles. The van der Waals surface area contributed by atoms with E-state index in [1.54, 1.807) is 48.5 Å². The third-order valence-electron chi connectivity index (χ3n) is 2.39. The van der Waals surface area contributed by atoms with Gasteiger partial charge in [-0.1, -0.05) is 41.9 Å². The topological polar surface area (TPSA) is 46.5 Å². The van der Waals surface area contributed by atoms with Crippen molar-refractivity contribution in [2.75, 3.05) is 0 Å². The van der Waals surface area contributed by atoms with Gasteiger partial charge in [0.2, 0.25) is 6.10 Å². The minimum absolute atomic E-state index is 0.514. The smallest absolute Gasteiger partial charge is 0.349 e. The zero-order valence-electron chi connectivity index (χ0n) is 9.42. The molecule has 4 heteroatoms. The number of carbonyl (C=O) groups is 1. The lowest BCUT2D eigenvalue weighted by molar-refractivity contribution is -0.145. The highest BCUT2D eigenvalue weighted by Gasteiger charge is 2.21. The second kappa shape index (κ2) is 5.56. The molecule has 2 rings (SSSR count). The average Bonchev–Trinajstić information content (AvgIpc) is 2.38. The van der Waals surface area contributed by atoms with Crippen LogP contribution in [0.4, 0.5) is 0 Å². The van der Waals surface area contributed by atoms with Gasteiger partial charge < -0.3 is 9.84 Å². The maximum absolute atomic E-state index is 11.2. The number of ether oxygens (including phenoxy) is 1. The Hall–Kier alpha value is -2.00. The molecule has 0 unspecified atom stereocenters. The van der Waals surface area contributed by atoms with E-state index >= 15 is 0 Å². The molecule has 18 heavy (non-hydrogen) atoms. The van der Waals surface area contributed by atoms with Crippen LogP contribution in [0.1, 0.15) is 11.7 Å². The molecule has 3 nitrogen and oxygen atoms in total. The van der Waals surface area contributed by atoms with Crippen LogP contribution >= 0.6 is 11.6 Å². The lowest BCUT2D eigenvalue weighted by atomic mass is 10.1. The first-order valence-corrected chi connectivity index (χ1v) is 5.74. The van der Waals surface area contributed by atoms with Gasteiger partial charge >= 0.3 is 5.97 Å². The molecule has 0 amide bonds. The van der Waals surface area contributed by atoms with Gasteiger partial charge in [0.25, 0.3) is 0 Å². The first-order valence-electron chi connectivity index (χ1n) is 5.37. The first kappa shape index (κ1) is 12.5. The van der Waals surface area contributed by atoms with Gasteiger partial charge in [-0.05, 0) is 24.3 Å². The number of benzene rings is 2. The van der Waals surface area contributed by atoms with E-state index in [0.29, 0.717) is 16.3 Å². The van der Waals surface area contributed by atoms with Gasteiger partial charge in [-0.3, -0.25) is 0 Å². The van der Waals surface area contributed by atoms with E-state index in [-0.39, 0.29) is 0 Å². The maximum atomic E-state index is 11.2. The van der Waals surface area contributed by atoms with E-state index in [1.807, 2.05) is 6.07 Å². The van der Waals surface area contributed by atoms with Crippen LogP contribution in [0.15, 0.2) is 54.6 Å². The molecule has 0 fully saturated rings. The third-order valence-corrected chi connectivity index (χ3v) is 2.65. The minimum Gasteiger partial charge on any atom is -0.478 e. The summed E-state index contributed by atoms with van der Waals surface area (Å²) in [5, 5.41) is 9.76. The fraction of sp³-hybridized carbons (Fsp3) is 0.0714. The molecule has 0 aromatic heterocycles. The molecule has 92 valence electrons. The van der Waals surface area contributed by atoms with Crippen molar-refractivity contribution in [1.82, 2.24) is 0 Å². The van der Waals surface area contributed by atoms with E-state index in [1.165, 1.54) is 0 Å². The van der Waals surface area contributed by atoms with Gasteiger partial charge in [0.05, 0.1) is 0 Å². The summed E-state index contributed by atoms with van der Waals surface area (Å²) in [5.74, 6) is -0.527. The molecule has 0 saturated carbocycles. The average molecular weight is 263 g/mol. The molecular weight excluding hydrogens is 252 g/mol. The number of halogens is 1. The van der Waals surface area contributed by atoms with Crippen molar-refractivity contribution in [1.29, 1.82) is 0 Å². The van der Waals surface area contributed by atoms with Crippen molar-refractivity contribution in [2.45, 2.75) is 6.10 Å². The van der Waals surface area contributed by atoms with Crippen LogP contribution in [0.5, 0.6) is 5.75 Å². The molecule has 0 aliphatic rings. The molecule has 0 heterocycles. The van der Waals surface area contributed by atoms with E-state index in [9.17, 15) is 9.90 Å². The SMILES string of the molecule is O=C(O)[C@H](Oc1ccccc1)c1ccc(Cl)cc1. The quantitative estimate of drug-likeness (QED) is 0.917. The number of carboxylic acid groups (broad SMARTS) is 1. The number of hydrogen-bond acceptors (Lipinski definition) is 2. The van der Waals surface area contributed by atoms with Crippen molar-refractivity contribution in [2.24, 2.45) is 0 Å². The Bertz CT molecular complexity index is 522. The highest BCUT2D eigenvalue weighted by atomic mass is 35.5. The lowest BCUT2D eigenvalue weighted by Gasteiger charge is -2.15. The van der Waals surface area contributed by atoms with Crippen LogP contribution in [0.3, 0.4) is 0 Å². The van der Waals surface area contributed by atoms with Gasteiger partial charge in [0.15, 0.2) is 0 Å². The Balaban J connectivity index is 2.24. The Labute approximate surface area is 110 Å². The zero-order chi connectivity index (χ0) is 13.0. The Morgan fingerprint density at radius 2 is 1.67 bits per heavy atom. The first-order chi connectivity index (χ1) is 8.66. The van der Waals surface area contributed by atoms with Gasteiger partial charge in [0, 0.05) is 10.6 Å². The van der Waals surface area contributed by atoms with Crippen molar-refractivity contribution in [3.8, 4) is 5.75 Å². The molecule has 0 aliphatic heterocycles. The van der Waals surface area contributed by atoms with Gasteiger partial charge in [0.1, 0.15) is 5.75 Å². The van der Waals surface area contributed by atoms with Crippen LogP contribution in [0.25, 0.3) is 0 Å². The predicted octanol–water partition coefficient (Wildman–Crippen LogP) is 3.54. The summed E-state index contributed by atoms with van der Waals surface area (Å²) in [6, 6.07) is 15.4. The molecule has 0 radical (unpaired) electrons. The summed E-state index contributed by atoms with van der Waals surface area (Å²) < 4.78 is 5.46. The number of rotatable bonds is 4. The predicted molar refractivity (Wildman–Crippen MR) is 68.9 cm³/mol. The van der Waals surface area contributed by atoms with E-state index < -0.39 is 12.1 Å². The number of carboxylic acids is 1. The van der Waals surface area contributed by atoms with Crippen molar-refractivity contribution >= 4 is 17.6 Å². The molecule has 1 N–H and O–H groups in total. The highest BCUT2D eigenvalue weighted by Crippen LogP contribution is 2.23. The highest BCUT2D eigenvalue weighted by molar-refractivity contribution is 6.30. The Morgan fingerprint density at radius 1 is 1.06 bits per heavy atom. The van der Waals surface area contributed by atoms with Crippen molar-refractivity contribution in [3.05, 3.63) is 65.2 Å². The summed E-state index contributed by atoms with van der Waals surface area (Å²) >= 11 is 5.77. The summed E-state index contributed by atoms with van der Waals surface area (Å²) in [4.78, 5) is 11.2. The van der Waals surface area contributed by atoms with E-state index in [2.05, 4.69) is 0 Å². The Kier molecular flexibility index (Phi) is 3.85. The van der Waals surface area contributed by atoms with E-state index in [0.717, 1.165) is 0 Å². The van der Waals surface area contributed by atoms with Gasteiger partial charge in [-0.15, -0.1) is 0 Å². The second-order valence-corrected chi connectivity index (χ2v) is 4.14. The molecule has 0 spiro atoms. The van der Waals surface area contributed by atoms with E-state index in [4.69, 9.17) is 16.3 Å². The summed E-state index contributed by atoms with van der Waals surface area (Å²) in [6.07, 6.45) is -1.04. The number of hydrogen-bond donors (Lipinski definition) is 1. The second-order valence-electron chi connectivity index (χ2n) is 3.70. The molecule has 2 aromatic carbocycles. The van der Waals surface area contributed by atoms with Crippen LogP contribution < -0.4 is 4.74 Å². The van der Waals surface area contributed by atoms with Crippen LogP contribution in [-0.4, -0.2) is 11.1 Å². The number of para-hydroxylation sites is 1. The molecule has 2 aromatic rings. The standard InChI is InChI=1S/C14H11ClO3/c15-11-8-6-10(7-9-11)13(14(16)17)18-12-4-2-1-3-5-12/h1-9,13H,(H,16,17)/t13-/m1/s1. The fourth-order valence-corrected chi connectivity index (χ4v) is 1.66. The van der Waals surface area contributed by atoms with Gasteiger partial charge in [-0.25, -0.2) is 4.79 Å². The monoisotopic (exact) mass is 262 g/mol. The fourth-order valence-electron chi connectivity index (χ4n) is 1.53. The third kappa shape index (κ3) is 3.02.